The monoisotopic (exact) mass is 452 g/mol. The van der Waals surface area contributed by atoms with Gasteiger partial charge in [-0.15, -0.1) is 11.3 Å². The number of thiophene rings is 1. The van der Waals surface area contributed by atoms with E-state index in [1.807, 2.05) is 61.5 Å². The highest BCUT2D eigenvalue weighted by molar-refractivity contribution is 7.91. The zero-order chi connectivity index (χ0) is 22.0. The molecule has 6 nitrogen and oxygen atoms in total. The van der Waals surface area contributed by atoms with Crippen LogP contribution in [0.1, 0.15) is 11.1 Å². The van der Waals surface area contributed by atoms with Crippen LogP contribution in [0.15, 0.2) is 77.1 Å². The highest BCUT2D eigenvalue weighted by Gasteiger charge is 2.27. The zero-order valence-corrected chi connectivity index (χ0v) is 18.3. The summed E-state index contributed by atoms with van der Waals surface area (Å²) >= 11 is 1.10. The highest BCUT2D eigenvalue weighted by Crippen LogP contribution is 2.31. The maximum Gasteiger partial charge on any atom is 0.322 e. The van der Waals surface area contributed by atoms with Crippen molar-refractivity contribution in [3.05, 3.63) is 84.1 Å². The van der Waals surface area contributed by atoms with E-state index in [0.717, 1.165) is 38.2 Å². The van der Waals surface area contributed by atoms with Crippen molar-refractivity contribution in [3.8, 4) is 10.4 Å². The predicted octanol–water partition coefficient (Wildman–Crippen LogP) is 4.25. The molecule has 0 aliphatic carbocycles. The minimum atomic E-state index is -4.00. The lowest BCUT2D eigenvalue weighted by Gasteiger charge is -2.14. The molecule has 0 spiro atoms. The third-order valence-electron chi connectivity index (χ3n) is 4.86. The Labute approximate surface area is 184 Å². The van der Waals surface area contributed by atoms with Crippen LogP contribution in [0.3, 0.4) is 0 Å². The van der Waals surface area contributed by atoms with E-state index in [2.05, 4.69) is 9.71 Å². The third-order valence-corrected chi connectivity index (χ3v) is 7.96. The van der Waals surface area contributed by atoms with Crippen LogP contribution in [0.4, 0.5) is 0 Å². The van der Waals surface area contributed by atoms with E-state index in [1.54, 1.807) is 12.3 Å². The molecule has 0 bridgehead atoms. The Balaban J connectivity index is 1.55. The fourth-order valence-corrected chi connectivity index (χ4v) is 5.74. The van der Waals surface area contributed by atoms with Crippen LogP contribution in [-0.2, 0) is 21.2 Å². The molecular formula is C23H20N2O4S2. The molecule has 0 aliphatic heterocycles. The van der Waals surface area contributed by atoms with E-state index in [9.17, 15) is 18.3 Å². The van der Waals surface area contributed by atoms with Crippen LogP contribution >= 0.6 is 11.3 Å². The number of rotatable bonds is 7. The first-order valence-corrected chi connectivity index (χ1v) is 11.9. The lowest BCUT2D eigenvalue weighted by atomic mass is 10.1. The number of sulfonamides is 1. The van der Waals surface area contributed by atoms with Gasteiger partial charge in [0.05, 0.1) is 5.52 Å². The van der Waals surface area contributed by atoms with Gasteiger partial charge >= 0.3 is 5.97 Å². The number of carbonyl (C=O) groups is 1. The Bertz CT molecular complexity index is 1350. The molecule has 4 rings (SSSR count). The summed E-state index contributed by atoms with van der Waals surface area (Å²) in [6.07, 6.45) is 1.57. The summed E-state index contributed by atoms with van der Waals surface area (Å²) in [6, 6.07) is 19.0. The lowest BCUT2D eigenvalue weighted by Crippen LogP contribution is -2.42. The SMILES string of the molecule is Cc1ccc(-c2ccc(S(=O)(=O)N[C@H](Cc3cnc4ccccc4c3)C(=O)O)s2)cc1. The molecule has 2 aromatic heterocycles. The lowest BCUT2D eigenvalue weighted by molar-refractivity contribution is -0.138. The van der Waals surface area contributed by atoms with Gasteiger partial charge in [0, 0.05) is 22.9 Å². The molecule has 4 aromatic rings. The van der Waals surface area contributed by atoms with Crippen molar-refractivity contribution in [1.29, 1.82) is 0 Å². The van der Waals surface area contributed by atoms with Crippen molar-refractivity contribution in [2.45, 2.75) is 23.6 Å². The average Bonchev–Trinajstić information content (AvgIpc) is 3.25. The minimum Gasteiger partial charge on any atom is -0.480 e. The molecule has 8 heteroatoms. The largest absolute Gasteiger partial charge is 0.480 e. The number of nitrogens with one attached hydrogen (secondary N) is 1. The van der Waals surface area contributed by atoms with Crippen LogP contribution < -0.4 is 4.72 Å². The van der Waals surface area contributed by atoms with Crippen molar-refractivity contribution >= 4 is 38.2 Å². The summed E-state index contributed by atoms with van der Waals surface area (Å²) in [5.41, 5.74) is 3.46. The Morgan fingerprint density at radius 1 is 1.10 bits per heavy atom. The molecule has 0 saturated carbocycles. The number of aromatic nitrogens is 1. The second kappa shape index (κ2) is 8.58. The van der Waals surface area contributed by atoms with Crippen LogP contribution in [-0.4, -0.2) is 30.5 Å². The topological polar surface area (TPSA) is 96.4 Å². The maximum atomic E-state index is 12.9. The predicted molar refractivity (Wildman–Crippen MR) is 122 cm³/mol. The van der Waals surface area contributed by atoms with Crippen molar-refractivity contribution in [3.63, 3.8) is 0 Å². The second-order valence-electron chi connectivity index (χ2n) is 7.24. The van der Waals surface area contributed by atoms with Gasteiger partial charge in [-0.2, -0.15) is 4.72 Å². The number of aliphatic carboxylic acids is 1. The third kappa shape index (κ3) is 4.82. The van der Waals surface area contributed by atoms with E-state index < -0.39 is 22.0 Å². The molecule has 1 atom stereocenters. The van der Waals surface area contributed by atoms with Crippen molar-refractivity contribution in [2.24, 2.45) is 0 Å². The molecule has 2 heterocycles. The van der Waals surface area contributed by atoms with E-state index in [1.165, 1.54) is 6.07 Å². The van der Waals surface area contributed by atoms with Gasteiger partial charge in [0.2, 0.25) is 0 Å². The molecule has 158 valence electrons. The molecule has 0 radical (unpaired) electrons. The summed E-state index contributed by atoms with van der Waals surface area (Å²) in [4.78, 5) is 16.9. The van der Waals surface area contributed by atoms with Gasteiger partial charge in [-0.3, -0.25) is 9.78 Å². The molecule has 0 fully saturated rings. The number of aryl methyl sites for hydroxylation is 1. The number of pyridine rings is 1. The number of para-hydroxylation sites is 1. The molecule has 0 amide bonds. The second-order valence-corrected chi connectivity index (χ2v) is 10.3. The van der Waals surface area contributed by atoms with Crippen LogP contribution in [0.2, 0.25) is 0 Å². The highest BCUT2D eigenvalue weighted by atomic mass is 32.2. The quantitative estimate of drug-likeness (QED) is 0.437. The maximum absolute atomic E-state index is 12.9. The summed E-state index contributed by atoms with van der Waals surface area (Å²) in [5, 5.41) is 10.5. The Hall–Kier alpha value is -3.07. The van der Waals surface area contributed by atoms with Crippen LogP contribution in [0, 0.1) is 6.92 Å². The van der Waals surface area contributed by atoms with Crippen LogP contribution in [0.25, 0.3) is 21.3 Å². The van der Waals surface area contributed by atoms with Gasteiger partial charge in [-0.05, 0) is 42.3 Å². The number of hydrogen-bond donors (Lipinski definition) is 2. The van der Waals surface area contributed by atoms with Crippen molar-refractivity contribution in [1.82, 2.24) is 9.71 Å². The molecule has 0 aliphatic rings. The van der Waals surface area contributed by atoms with Gasteiger partial charge < -0.3 is 5.11 Å². The zero-order valence-electron chi connectivity index (χ0n) is 16.6. The van der Waals surface area contributed by atoms with E-state index in [-0.39, 0.29) is 10.6 Å². The Morgan fingerprint density at radius 2 is 1.84 bits per heavy atom. The van der Waals surface area contributed by atoms with E-state index in [4.69, 9.17) is 0 Å². The normalized spacial score (nSPS) is 12.7. The van der Waals surface area contributed by atoms with Gasteiger partial charge in [-0.1, -0.05) is 48.0 Å². The Morgan fingerprint density at radius 3 is 2.58 bits per heavy atom. The molecular weight excluding hydrogens is 432 g/mol. The number of hydrogen-bond acceptors (Lipinski definition) is 5. The van der Waals surface area contributed by atoms with E-state index in [0.29, 0.717) is 5.56 Å². The van der Waals surface area contributed by atoms with Crippen LogP contribution in [0.5, 0.6) is 0 Å². The van der Waals surface area contributed by atoms with E-state index >= 15 is 0 Å². The summed E-state index contributed by atoms with van der Waals surface area (Å²) in [5.74, 6) is -1.24. The van der Waals surface area contributed by atoms with Gasteiger partial charge in [0.1, 0.15) is 10.3 Å². The number of nitrogens with zero attached hydrogens (tertiary/aromatic N) is 1. The standard InChI is InChI=1S/C23H20N2O4S2/c1-15-6-8-17(9-7-15)21-10-11-22(30-21)31(28,29)25-20(23(26)27)13-16-12-18-4-2-3-5-19(18)24-14-16/h2-12,14,20,25H,13H2,1H3,(H,26,27)/t20-/m1/s1. The molecule has 0 unspecified atom stereocenters. The number of carboxylic acids is 1. The fourth-order valence-electron chi connectivity index (χ4n) is 3.23. The van der Waals surface area contributed by atoms with Crippen molar-refractivity contribution < 1.29 is 18.3 Å². The molecule has 2 aromatic carbocycles. The minimum absolute atomic E-state index is 0.0113. The van der Waals surface area contributed by atoms with Gasteiger partial charge in [0.15, 0.2) is 0 Å². The molecule has 31 heavy (non-hydrogen) atoms. The number of benzene rings is 2. The smallest absolute Gasteiger partial charge is 0.322 e. The van der Waals surface area contributed by atoms with Gasteiger partial charge in [0.25, 0.3) is 10.0 Å². The summed E-state index contributed by atoms with van der Waals surface area (Å²) in [6.45, 7) is 1.98. The van der Waals surface area contributed by atoms with Gasteiger partial charge in [-0.25, -0.2) is 8.42 Å². The van der Waals surface area contributed by atoms with Crippen molar-refractivity contribution in [2.75, 3.05) is 0 Å². The Kier molecular flexibility index (Phi) is 5.86. The first-order chi connectivity index (χ1) is 14.8. The average molecular weight is 453 g/mol. The molecule has 0 saturated heterocycles. The number of fused-ring (bicyclic) bond motifs is 1. The fraction of sp³-hybridized carbons (Fsp3) is 0.130. The first-order valence-electron chi connectivity index (χ1n) is 9.57. The summed E-state index contributed by atoms with van der Waals surface area (Å²) < 4.78 is 28.1. The summed E-state index contributed by atoms with van der Waals surface area (Å²) in [7, 11) is -4.00. The molecule has 2 N–H and O–H groups in total. The number of carboxylic acid groups (broad SMARTS) is 1. The first kappa shape index (κ1) is 21.2.